The van der Waals surface area contributed by atoms with Crippen LogP contribution in [-0.4, -0.2) is 57.9 Å². The first kappa shape index (κ1) is 22.5. The van der Waals surface area contributed by atoms with E-state index >= 15 is 0 Å². The molecule has 0 aromatic carbocycles. The summed E-state index contributed by atoms with van der Waals surface area (Å²) in [7, 11) is 0. The molecule has 1 atom stereocenters. The van der Waals surface area contributed by atoms with Crippen LogP contribution >= 0.6 is 0 Å². The van der Waals surface area contributed by atoms with E-state index in [2.05, 4.69) is 19.7 Å². The lowest BCUT2D eigenvalue weighted by atomic mass is 10.2. The minimum absolute atomic E-state index is 0.125. The van der Waals surface area contributed by atoms with Crippen LogP contribution in [0.4, 0.5) is 0 Å². The molecule has 0 heterocycles. The Hall–Kier alpha value is -2.53. The van der Waals surface area contributed by atoms with Gasteiger partial charge < -0.3 is 34.3 Å². The third-order valence-corrected chi connectivity index (χ3v) is 2.53. The van der Waals surface area contributed by atoms with E-state index in [1.807, 2.05) is 0 Å². The lowest BCUT2D eigenvalue weighted by Gasteiger charge is -2.32. The van der Waals surface area contributed by atoms with Crippen LogP contribution in [0.5, 0.6) is 0 Å². The number of carbonyl (C=O) groups is 3. The molecule has 0 aliphatic heterocycles. The summed E-state index contributed by atoms with van der Waals surface area (Å²) in [6, 6.07) is 0. The first-order valence-corrected chi connectivity index (χ1v) is 6.88. The first-order valence-electron chi connectivity index (χ1n) is 6.88. The number of carbonyl (C=O) groups excluding carboxylic acids is 3. The zero-order chi connectivity index (χ0) is 19.7. The Balaban J connectivity index is 5.68. The molecule has 0 aliphatic rings. The van der Waals surface area contributed by atoms with Crippen LogP contribution in [0.15, 0.2) is 38.0 Å². The van der Waals surface area contributed by atoms with Gasteiger partial charge in [-0.25, -0.2) is 14.4 Å². The molecule has 0 radical (unpaired) electrons. The van der Waals surface area contributed by atoms with Crippen LogP contribution in [0.1, 0.15) is 13.3 Å². The fourth-order valence-corrected chi connectivity index (χ4v) is 1.44. The van der Waals surface area contributed by atoms with Gasteiger partial charge in [0.25, 0.3) is 0 Å². The Labute approximate surface area is 143 Å². The van der Waals surface area contributed by atoms with E-state index in [1.165, 1.54) is 6.92 Å². The molecule has 0 amide bonds. The van der Waals surface area contributed by atoms with Gasteiger partial charge in [-0.2, -0.15) is 0 Å². The minimum atomic E-state index is -3.26. The molecule has 0 saturated carbocycles. The molecular weight excluding hydrogens is 340 g/mol. The predicted octanol–water partition coefficient (Wildman–Crippen LogP) is -0.746. The maximum atomic E-state index is 11.5. The van der Waals surface area contributed by atoms with Crippen LogP contribution in [0.25, 0.3) is 0 Å². The van der Waals surface area contributed by atoms with Crippen LogP contribution in [-0.2, 0) is 33.3 Å². The second-order valence-corrected chi connectivity index (χ2v) is 4.45. The fraction of sp³-hybridized carbons (Fsp3) is 0.400. The van der Waals surface area contributed by atoms with Gasteiger partial charge in [0.15, 0.2) is 6.61 Å². The summed E-state index contributed by atoms with van der Waals surface area (Å²) in [4.78, 5) is 34.5. The lowest BCUT2D eigenvalue weighted by Crippen LogP contribution is -2.51. The summed E-state index contributed by atoms with van der Waals surface area (Å²) >= 11 is 0. The second kappa shape index (κ2) is 9.69. The van der Waals surface area contributed by atoms with Gasteiger partial charge >= 0.3 is 29.9 Å². The molecule has 0 fully saturated rings. The topological polar surface area (TPSA) is 149 Å². The molecule has 0 aliphatic carbocycles. The molecule has 10 nitrogen and oxygen atoms in total. The van der Waals surface area contributed by atoms with Gasteiger partial charge in [0, 0.05) is 18.2 Å². The summed E-state index contributed by atoms with van der Waals surface area (Å²) < 4.78 is 19.2. The van der Waals surface area contributed by atoms with Gasteiger partial charge in [0.1, 0.15) is 6.10 Å². The van der Waals surface area contributed by atoms with Crippen LogP contribution in [0, 0.1) is 0 Å². The zero-order valence-corrected chi connectivity index (χ0v) is 13.5. The molecule has 0 rings (SSSR count). The van der Waals surface area contributed by atoms with E-state index in [0.717, 1.165) is 0 Å². The van der Waals surface area contributed by atoms with Gasteiger partial charge in [0.05, 0.1) is 0 Å². The number of hydrogen-bond donors (Lipinski definition) is 3. The van der Waals surface area contributed by atoms with Gasteiger partial charge in [-0.1, -0.05) is 26.7 Å². The van der Waals surface area contributed by atoms with E-state index in [4.69, 9.17) is 18.9 Å². The highest BCUT2D eigenvalue weighted by Gasteiger charge is 2.45. The molecule has 140 valence electrons. The van der Waals surface area contributed by atoms with Gasteiger partial charge in [-0.05, 0) is 6.42 Å². The summed E-state index contributed by atoms with van der Waals surface area (Å²) in [6.07, 6.45) is 0.303. The molecule has 0 bridgehead atoms. The minimum Gasteiger partial charge on any atom is -0.383 e. The Morgan fingerprint density at radius 2 is 1.28 bits per heavy atom. The Bertz CT molecular complexity index is 476. The van der Waals surface area contributed by atoms with Gasteiger partial charge in [0.2, 0.25) is 0 Å². The molecule has 25 heavy (non-hydrogen) atoms. The van der Waals surface area contributed by atoms with Crippen molar-refractivity contribution in [3.05, 3.63) is 38.0 Å². The lowest BCUT2D eigenvalue weighted by molar-refractivity contribution is -0.386. The van der Waals surface area contributed by atoms with Crippen LogP contribution in [0.2, 0.25) is 0 Å². The third-order valence-electron chi connectivity index (χ3n) is 2.53. The molecule has 0 aromatic heterocycles. The van der Waals surface area contributed by atoms with Gasteiger partial charge in [-0.15, -0.1) is 0 Å². The van der Waals surface area contributed by atoms with Crippen molar-refractivity contribution in [1.29, 1.82) is 0 Å². The van der Waals surface area contributed by atoms with E-state index in [1.54, 1.807) is 0 Å². The third kappa shape index (κ3) is 7.72. The molecule has 0 saturated heterocycles. The number of rotatable bonds is 11. The largest absolute Gasteiger partial charge is 0.449 e. The number of ether oxygens (including phenoxy) is 4. The van der Waals surface area contributed by atoms with Crippen LogP contribution < -0.4 is 0 Å². The number of esters is 3. The average Bonchev–Trinajstić information content (AvgIpc) is 2.53. The van der Waals surface area contributed by atoms with Crippen molar-refractivity contribution in [2.75, 3.05) is 6.61 Å². The predicted molar refractivity (Wildman–Crippen MR) is 81.0 cm³/mol. The Morgan fingerprint density at radius 3 is 1.52 bits per heavy atom. The number of hydrogen-bond acceptors (Lipinski definition) is 10. The van der Waals surface area contributed by atoms with Crippen molar-refractivity contribution in [1.82, 2.24) is 0 Å². The normalized spacial score (nSPS) is 12.5. The summed E-state index contributed by atoms with van der Waals surface area (Å²) in [6.45, 7) is 9.83. The number of aliphatic hydroxyl groups is 3. The van der Waals surface area contributed by atoms with E-state index in [0.29, 0.717) is 18.2 Å². The Kier molecular flexibility index (Phi) is 8.71. The monoisotopic (exact) mass is 360 g/mol. The first-order chi connectivity index (χ1) is 11.5. The maximum absolute atomic E-state index is 11.5. The molecule has 0 aromatic rings. The molecular formula is C15H20O10. The fourth-order valence-electron chi connectivity index (χ4n) is 1.44. The zero-order valence-electron chi connectivity index (χ0n) is 13.5. The molecule has 0 spiro atoms. The summed E-state index contributed by atoms with van der Waals surface area (Å²) in [5.74, 6) is -9.48. The highest BCUT2D eigenvalue weighted by molar-refractivity contribution is 5.85. The van der Waals surface area contributed by atoms with E-state index < -0.39 is 42.6 Å². The van der Waals surface area contributed by atoms with Crippen molar-refractivity contribution in [3.63, 3.8) is 0 Å². The van der Waals surface area contributed by atoms with E-state index in [-0.39, 0.29) is 6.42 Å². The van der Waals surface area contributed by atoms with E-state index in [9.17, 15) is 29.7 Å². The second-order valence-electron chi connectivity index (χ2n) is 4.45. The SMILES string of the molecule is C=CC(=O)OC(COC(CC)C(O)(O)O)(OC(=O)C=C)OC(=O)C=C. The molecule has 1 unspecified atom stereocenters. The molecule has 3 N–H and O–H groups in total. The highest BCUT2D eigenvalue weighted by Crippen LogP contribution is 2.22. The van der Waals surface area contributed by atoms with Gasteiger partial charge in [-0.3, -0.25) is 0 Å². The van der Waals surface area contributed by atoms with Crippen LogP contribution in [0.3, 0.4) is 0 Å². The van der Waals surface area contributed by atoms with Crippen molar-refractivity contribution in [2.45, 2.75) is 31.4 Å². The standard InChI is InChI=1S/C15H20O10/c1-5-10(15(19,20)21)22-9-14(23-11(16)6-2,24-12(17)7-3)25-13(18)8-4/h6-8,10,19-21H,2-5,9H2,1H3. The van der Waals surface area contributed by atoms with Crippen molar-refractivity contribution >= 4 is 17.9 Å². The quantitative estimate of drug-likeness (QED) is 0.244. The van der Waals surface area contributed by atoms with Crippen molar-refractivity contribution < 1.29 is 48.7 Å². The van der Waals surface area contributed by atoms with Crippen molar-refractivity contribution in [3.8, 4) is 0 Å². The summed E-state index contributed by atoms with van der Waals surface area (Å²) in [5, 5.41) is 27.5. The summed E-state index contributed by atoms with van der Waals surface area (Å²) in [5.41, 5.74) is 0. The smallest absolute Gasteiger partial charge is 0.383 e. The average molecular weight is 360 g/mol. The molecule has 10 heteroatoms. The Morgan fingerprint density at radius 1 is 0.920 bits per heavy atom. The van der Waals surface area contributed by atoms with Crippen molar-refractivity contribution in [2.24, 2.45) is 0 Å². The highest BCUT2D eigenvalue weighted by atomic mass is 16.9. The maximum Gasteiger partial charge on any atom is 0.449 e.